The Hall–Kier alpha value is -4.43. The van der Waals surface area contributed by atoms with Crippen molar-refractivity contribution in [1.82, 2.24) is 19.3 Å². The van der Waals surface area contributed by atoms with Crippen LogP contribution in [0.1, 0.15) is 12.5 Å². The molecule has 0 fully saturated rings. The molecule has 2 heterocycles. The van der Waals surface area contributed by atoms with Crippen LogP contribution in [0.4, 0.5) is 5.69 Å². The minimum absolute atomic E-state index is 0.188. The first-order chi connectivity index (χ1) is 17.5. The molecule has 36 heavy (non-hydrogen) atoms. The largest absolute Gasteiger partial charge is 0.497 e. The van der Waals surface area contributed by atoms with Crippen molar-refractivity contribution in [3.63, 3.8) is 0 Å². The number of hydrogen-bond acceptors (Lipinski definition) is 5. The fraction of sp³-hybridized carbons (Fsp3) is 0.111. The number of imidazole rings is 1. The van der Waals surface area contributed by atoms with Crippen LogP contribution in [0.15, 0.2) is 78.9 Å². The van der Waals surface area contributed by atoms with Crippen molar-refractivity contribution < 1.29 is 9.53 Å². The number of carbonyl (C=O) groups excluding carboxylic acids is 1. The summed E-state index contributed by atoms with van der Waals surface area (Å²) in [5.41, 5.74) is 4.74. The number of fused-ring (bicyclic) bond motifs is 1. The molecule has 0 aliphatic rings. The van der Waals surface area contributed by atoms with Crippen LogP contribution in [0.25, 0.3) is 28.1 Å². The highest BCUT2D eigenvalue weighted by Gasteiger charge is 2.16. The number of halogens is 1. The minimum Gasteiger partial charge on any atom is -0.497 e. The van der Waals surface area contributed by atoms with Crippen LogP contribution in [0.2, 0.25) is 5.02 Å². The van der Waals surface area contributed by atoms with Crippen LogP contribution >= 0.6 is 11.6 Å². The number of methoxy groups -OCH3 is 1. The first-order valence-corrected chi connectivity index (χ1v) is 11.6. The second-order valence-electron chi connectivity index (χ2n) is 8.19. The van der Waals surface area contributed by atoms with Crippen molar-refractivity contribution in [3.8, 4) is 22.8 Å². The Morgan fingerprint density at radius 3 is 2.44 bits per heavy atom. The van der Waals surface area contributed by atoms with Crippen molar-refractivity contribution in [2.24, 2.45) is 0 Å². The van der Waals surface area contributed by atoms with Crippen molar-refractivity contribution in [2.75, 3.05) is 12.4 Å². The normalized spacial score (nSPS) is 11.0. The maximum absolute atomic E-state index is 11.7. The third kappa shape index (κ3) is 4.34. The van der Waals surface area contributed by atoms with Gasteiger partial charge in [0.05, 0.1) is 36.1 Å². The van der Waals surface area contributed by atoms with E-state index in [1.165, 1.54) is 6.92 Å². The van der Waals surface area contributed by atoms with E-state index in [0.29, 0.717) is 40.1 Å². The van der Waals surface area contributed by atoms with Gasteiger partial charge in [0.1, 0.15) is 5.75 Å². The summed E-state index contributed by atoms with van der Waals surface area (Å²) in [6.07, 6.45) is 0. The van der Waals surface area contributed by atoms with Crippen LogP contribution in [-0.2, 0) is 11.3 Å². The summed E-state index contributed by atoms with van der Waals surface area (Å²) < 4.78 is 9.00. The molecule has 2 N–H and O–H groups in total. The molecule has 0 aliphatic heterocycles. The molecule has 0 aliphatic carbocycles. The highest BCUT2D eigenvalue weighted by Crippen LogP contribution is 2.31. The topological polar surface area (TPSA) is 97.8 Å². The first kappa shape index (κ1) is 23.3. The number of nitrogens with zero attached hydrogens (tertiary/aromatic N) is 4. The number of amides is 1. The Kier molecular flexibility index (Phi) is 6.26. The van der Waals surface area contributed by atoms with E-state index < -0.39 is 0 Å². The van der Waals surface area contributed by atoms with Crippen molar-refractivity contribution in [2.45, 2.75) is 13.5 Å². The molecule has 0 saturated carbocycles. The lowest BCUT2D eigenvalue weighted by atomic mass is 10.1. The Bertz CT molecular complexity index is 1640. The zero-order chi connectivity index (χ0) is 25.2. The molecular weight excluding hydrogens is 476 g/mol. The van der Waals surface area contributed by atoms with Gasteiger partial charge in [-0.25, -0.2) is 0 Å². The molecule has 2 aromatic heterocycles. The van der Waals surface area contributed by atoms with Crippen LogP contribution in [-0.4, -0.2) is 32.3 Å². The monoisotopic (exact) mass is 498 g/mol. The molecular formula is C27H23ClN6O2. The van der Waals surface area contributed by atoms with Gasteiger partial charge in [0.25, 0.3) is 0 Å². The highest BCUT2D eigenvalue weighted by molar-refractivity contribution is 6.31. The molecule has 0 bridgehead atoms. The molecule has 180 valence electrons. The molecule has 0 radical (unpaired) electrons. The standard InChI is InChI=1S/C27H23ClN6O2/c1-17(35)30-22-12-11-19(36-2)15-20(22)23-13-14-26(32-31-23)34-25-10-6-5-9-24(25)33(27(34)29)16-18-7-3-4-8-21(18)28/h3-15,29H,16H2,1-2H3,(H,30,35). The van der Waals surface area contributed by atoms with Gasteiger partial charge in [-0.15, -0.1) is 10.2 Å². The van der Waals surface area contributed by atoms with E-state index in [0.717, 1.165) is 16.6 Å². The lowest BCUT2D eigenvalue weighted by Gasteiger charge is -2.11. The summed E-state index contributed by atoms with van der Waals surface area (Å²) in [4.78, 5) is 11.7. The van der Waals surface area contributed by atoms with Gasteiger partial charge in [0, 0.05) is 17.5 Å². The molecule has 3 aromatic carbocycles. The lowest BCUT2D eigenvalue weighted by Crippen LogP contribution is -2.25. The maximum Gasteiger partial charge on any atom is 0.221 e. The predicted octanol–water partition coefficient (Wildman–Crippen LogP) is 5.04. The third-order valence-corrected chi connectivity index (χ3v) is 6.23. The summed E-state index contributed by atoms with van der Waals surface area (Å²) in [5.74, 6) is 0.948. The van der Waals surface area contributed by atoms with E-state index >= 15 is 0 Å². The fourth-order valence-electron chi connectivity index (χ4n) is 4.17. The molecule has 0 saturated heterocycles. The van der Waals surface area contributed by atoms with Gasteiger partial charge in [0.15, 0.2) is 5.82 Å². The Balaban J connectivity index is 1.59. The van der Waals surface area contributed by atoms with E-state index in [1.54, 1.807) is 29.9 Å². The molecule has 0 unspecified atom stereocenters. The fourth-order valence-corrected chi connectivity index (χ4v) is 4.36. The van der Waals surface area contributed by atoms with Gasteiger partial charge >= 0.3 is 0 Å². The number of para-hydroxylation sites is 2. The molecule has 5 rings (SSSR count). The SMILES string of the molecule is COc1ccc(NC(C)=O)c(-c2ccc(-n3c(=N)n(Cc4ccccc4Cl)c4ccccc43)nn2)c1. The van der Waals surface area contributed by atoms with Gasteiger partial charge in [-0.1, -0.05) is 41.9 Å². The summed E-state index contributed by atoms with van der Waals surface area (Å²) in [5, 5.41) is 21.3. The number of ether oxygens (including phenoxy) is 1. The van der Waals surface area contributed by atoms with E-state index in [4.69, 9.17) is 21.7 Å². The van der Waals surface area contributed by atoms with Crippen LogP contribution in [0.3, 0.4) is 0 Å². The Morgan fingerprint density at radius 1 is 1.00 bits per heavy atom. The molecule has 9 heteroatoms. The highest BCUT2D eigenvalue weighted by atomic mass is 35.5. The minimum atomic E-state index is -0.188. The maximum atomic E-state index is 11.7. The van der Waals surface area contributed by atoms with Gasteiger partial charge in [-0.3, -0.25) is 14.8 Å². The quantitative estimate of drug-likeness (QED) is 0.343. The number of benzene rings is 3. The molecule has 8 nitrogen and oxygen atoms in total. The van der Waals surface area contributed by atoms with Crippen LogP contribution in [0.5, 0.6) is 5.75 Å². The molecule has 0 atom stereocenters. The van der Waals surface area contributed by atoms with Crippen molar-refractivity contribution >= 4 is 34.2 Å². The molecule has 0 spiro atoms. The number of aromatic nitrogens is 4. The number of anilines is 1. The summed E-state index contributed by atoms with van der Waals surface area (Å²) >= 11 is 6.40. The number of hydrogen-bond donors (Lipinski definition) is 2. The number of rotatable bonds is 6. The smallest absolute Gasteiger partial charge is 0.221 e. The summed E-state index contributed by atoms with van der Waals surface area (Å²) in [6.45, 7) is 1.90. The number of nitrogens with one attached hydrogen (secondary N) is 2. The zero-order valence-electron chi connectivity index (χ0n) is 19.7. The average molecular weight is 499 g/mol. The second kappa shape index (κ2) is 9.67. The van der Waals surface area contributed by atoms with E-state index in [2.05, 4.69) is 15.5 Å². The van der Waals surface area contributed by atoms with Gasteiger partial charge < -0.3 is 14.6 Å². The van der Waals surface area contributed by atoms with E-state index in [9.17, 15) is 4.79 Å². The van der Waals surface area contributed by atoms with Crippen molar-refractivity contribution in [3.05, 3.63) is 95.1 Å². The predicted molar refractivity (Wildman–Crippen MR) is 140 cm³/mol. The molecule has 5 aromatic rings. The van der Waals surface area contributed by atoms with Gasteiger partial charge in [-0.05, 0) is 54.1 Å². The Labute approximate surface area is 212 Å². The van der Waals surface area contributed by atoms with Gasteiger partial charge in [0.2, 0.25) is 11.5 Å². The molecule has 1 amide bonds. The van der Waals surface area contributed by atoms with E-state index in [-0.39, 0.29) is 11.5 Å². The summed E-state index contributed by atoms with van der Waals surface area (Å²) in [6, 6.07) is 24.4. The second-order valence-corrected chi connectivity index (χ2v) is 8.60. The number of carbonyl (C=O) groups is 1. The lowest BCUT2D eigenvalue weighted by molar-refractivity contribution is -0.114. The summed E-state index contributed by atoms with van der Waals surface area (Å²) in [7, 11) is 1.58. The first-order valence-electron chi connectivity index (χ1n) is 11.2. The zero-order valence-corrected chi connectivity index (χ0v) is 20.5. The third-order valence-electron chi connectivity index (χ3n) is 5.86. The average Bonchev–Trinajstić information content (AvgIpc) is 3.16. The Morgan fingerprint density at radius 2 is 1.75 bits per heavy atom. The van der Waals surface area contributed by atoms with Crippen molar-refractivity contribution in [1.29, 1.82) is 5.41 Å². The van der Waals surface area contributed by atoms with Crippen LogP contribution in [0, 0.1) is 5.41 Å². The van der Waals surface area contributed by atoms with Crippen LogP contribution < -0.4 is 15.7 Å². The van der Waals surface area contributed by atoms with Gasteiger partial charge in [-0.2, -0.15) is 0 Å². The van der Waals surface area contributed by atoms with E-state index in [1.807, 2.05) is 65.2 Å².